The molecule has 0 aliphatic rings. The van der Waals surface area contributed by atoms with Crippen molar-refractivity contribution in [2.45, 2.75) is 19.0 Å². The molecule has 0 spiro atoms. The number of hydrogen-bond acceptors (Lipinski definition) is 5. The maximum Gasteiger partial charge on any atom is 0.250 e. The van der Waals surface area contributed by atoms with Crippen LogP contribution in [0.3, 0.4) is 0 Å². The summed E-state index contributed by atoms with van der Waals surface area (Å²) in [5, 5.41) is 13.3. The van der Waals surface area contributed by atoms with Crippen molar-refractivity contribution in [3.8, 4) is 17.1 Å². The lowest BCUT2D eigenvalue weighted by Gasteiger charge is -2.11. The number of nitrogens with zero attached hydrogens (tertiary/aromatic N) is 4. The molecule has 0 unspecified atom stereocenters. The molecule has 0 saturated heterocycles. The Bertz CT molecular complexity index is 1270. The van der Waals surface area contributed by atoms with E-state index < -0.39 is 0 Å². The van der Waals surface area contributed by atoms with Gasteiger partial charge in [0.15, 0.2) is 11.0 Å². The van der Waals surface area contributed by atoms with E-state index in [0.29, 0.717) is 16.5 Å². The summed E-state index contributed by atoms with van der Waals surface area (Å²) in [7, 11) is 0. The summed E-state index contributed by atoms with van der Waals surface area (Å²) in [6.45, 7) is 4.07. The van der Waals surface area contributed by atoms with Gasteiger partial charge in [0.1, 0.15) is 5.82 Å². The molecule has 33 heavy (non-hydrogen) atoms. The molecule has 4 aromatic rings. The third-order valence-electron chi connectivity index (χ3n) is 4.84. The lowest BCUT2D eigenvalue weighted by Crippen LogP contribution is -2.20. The Morgan fingerprint density at radius 3 is 2.27 bits per heavy atom. The van der Waals surface area contributed by atoms with Crippen LogP contribution in [0.5, 0.6) is 0 Å². The second-order valence-corrected chi connectivity index (χ2v) is 8.42. The number of amides is 1. The molecule has 0 aliphatic carbocycles. The lowest BCUT2D eigenvalue weighted by atomic mass is 10.1. The molecule has 6 nitrogen and oxygen atoms in total. The van der Waals surface area contributed by atoms with Crippen molar-refractivity contribution >= 4 is 23.9 Å². The first-order chi connectivity index (χ1) is 16.0. The summed E-state index contributed by atoms with van der Waals surface area (Å²) in [6, 6.07) is 22.0. The van der Waals surface area contributed by atoms with E-state index in [1.807, 2.05) is 66.9 Å². The van der Waals surface area contributed by atoms with Crippen LogP contribution in [0.1, 0.15) is 16.7 Å². The van der Waals surface area contributed by atoms with E-state index in [-0.39, 0.29) is 17.5 Å². The molecule has 0 bridgehead atoms. The molecule has 0 saturated carbocycles. The Labute approximate surface area is 195 Å². The average Bonchev–Trinajstić information content (AvgIpc) is 3.24. The van der Waals surface area contributed by atoms with Crippen LogP contribution in [0, 0.1) is 19.7 Å². The van der Waals surface area contributed by atoms with Gasteiger partial charge in [-0.2, -0.15) is 5.10 Å². The molecule has 1 N–H and O–H groups in total. The van der Waals surface area contributed by atoms with Crippen LogP contribution in [0.2, 0.25) is 0 Å². The highest BCUT2D eigenvalue weighted by atomic mass is 32.2. The van der Waals surface area contributed by atoms with Gasteiger partial charge in [-0.1, -0.05) is 71.4 Å². The van der Waals surface area contributed by atoms with Crippen LogP contribution in [-0.2, 0) is 4.79 Å². The standard InChI is InChI=1S/C25H22FN5OS/c1-17-3-9-20(10-4-17)24-29-30-25(31(24)22-13-5-18(2)6-14-22)33-16-23(32)28-27-15-19-7-11-21(26)12-8-19/h3-15H,16H2,1-2H3,(H,28,32). The quantitative estimate of drug-likeness (QED) is 0.242. The molecule has 8 heteroatoms. The van der Waals surface area contributed by atoms with Gasteiger partial charge in [-0.05, 0) is 43.7 Å². The molecule has 3 aromatic carbocycles. The van der Waals surface area contributed by atoms with E-state index in [1.165, 1.54) is 30.1 Å². The fraction of sp³-hybridized carbons (Fsp3) is 0.120. The molecule has 1 heterocycles. The predicted octanol–water partition coefficient (Wildman–Crippen LogP) is 4.93. The Kier molecular flexibility index (Phi) is 6.95. The molecule has 0 atom stereocenters. The van der Waals surface area contributed by atoms with Crippen molar-refractivity contribution in [2.75, 3.05) is 5.75 Å². The second-order valence-electron chi connectivity index (χ2n) is 7.48. The largest absolute Gasteiger partial charge is 0.272 e. The van der Waals surface area contributed by atoms with Crippen molar-refractivity contribution in [1.82, 2.24) is 20.2 Å². The summed E-state index contributed by atoms with van der Waals surface area (Å²) >= 11 is 1.27. The fourth-order valence-electron chi connectivity index (χ4n) is 3.07. The number of carbonyl (C=O) groups excluding carboxylic acids is 1. The number of carbonyl (C=O) groups is 1. The molecule has 0 radical (unpaired) electrons. The van der Waals surface area contributed by atoms with Crippen LogP contribution in [0.25, 0.3) is 17.1 Å². The van der Waals surface area contributed by atoms with E-state index in [9.17, 15) is 9.18 Å². The van der Waals surface area contributed by atoms with E-state index in [4.69, 9.17) is 0 Å². The number of nitrogens with one attached hydrogen (secondary N) is 1. The lowest BCUT2D eigenvalue weighted by molar-refractivity contribution is -0.118. The van der Waals surface area contributed by atoms with Crippen molar-refractivity contribution in [3.05, 3.63) is 95.3 Å². The summed E-state index contributed by atoms with van der Waals surface area (Å²) < 4.78 is 14.9. The molecule has 0 aliphatic heterocycles. The summed E-state index contributed by atoms with van der Waals surface area (Å²) in [6.07, 6.45) is 1.46. The van der Waals surface area contributed by atoms with Crippen molar-refractivity contribution in [3.63, 3.8) is 0 Å². The Hall–Kier alpha value is -3.78. The molecular weight excluding hydrogens is 437 g/mol. The molecule has 4 rings (SSSR count). The number of hydrazone groups is 1. The van der Waals surface area contributed by atoms with Crippen LogP contribution in [0.15, 0.2) is 83.1 Å². The van der Waals surface area contributed by atoms with Gasteiger partial charge in [0.25, 0.3) is 5.91 Å². The highest BCUT2D eigenvalue weighted by Gasteiger charge is 2.17. The minimum Gasteiger partial charge on any atom is -0.272 e. The molecule has 166 valence electrons. The van der Waals surface area contributed by atoms with E-state index in [2.05, 4.69) is 20.7 Å². The highest BCUT2D eigenvalue weighted by Crippen LogP contribution is 2.28. The van der Waals surface area contributed by atoms with Gasteiger partial charge < -0.3 is 0 Å². The number of halogens is 1. The predicted molar refractivity (Wildman–Crippen MR) is 129 cm³/mol. The SMILES string of the molecule is Cc1ccc(-c2nnc(SCC(=O)NN=Cc3ccc(F)cc3)n2-c2ccc(C)cc2)cc1. The van der Waals surface area contributed by atoms with Gasteiger partial charge in [-0.15, -0.1) is 10.2 Å². The number of aromatic nitrogens is 3. The zero-order valence-corrected chi connectivity index (χ0v) is 19.0. The Morgan fingerprint density at radius 2 is 1.61 bits per heavy atom. The molecule has 0 fully saturated rings. The van der Waals surface area contributed by atoms with Crippen LogP contribution >= 0.6 is 11.8 Å². The summed E-state index contributed by atoms with van der Waals surface area (Å²) in [5.74, 6) is 0.207. The van der Waals surface area contributed by atoms with Crippen LogP contribution in [0.4, 0.5) is 4.39 Å². The van der Waals surface area contributed by atoms with E-state index >= 15 is 0 Å². The normalized spacial score (nSPS) is 11.1. The van der Waals surface area contributed by atoms with Crippen molar-refractivity contribution in [1.29, 1.82) is 0 Å². The fourth-order valence-corrected chi connectivity index (χ4v) is 3.81. The summed E-state index contributed by atoms with van der Waals surface area (Å²) in [4.78, 5) is 12.3. The maximum atomic E-state index is 13.0. The highest BCUT2D eigenvalue weighted by molar-refractivity contribution is 7.99. The molecule has 1 aromatic heterocycles. The van der Waals surface area contributed by atoms with Crippen LogP contribution in [-0.4, -0.2) is 32.6 Å². The van der Waals surface area contributed by atoms with Crippen molar-refractivity contribution < 1.29 is 9.18 Å². The number of rotatable bonds is 7. The minimum absolute atomic E-state index is 0.110. The van der Waals surface area contributed by atoms with Crippen LogP contribution < -0.4 is 5.43 Å². The zero-order valence-electron chi connectivity index (χ0n) is 18.2. The maximum absolute atomic E-state index is 13.0. The first kappa shape index (κ1) is 22.4. The Morgan fingerprint density at radius 1 is 0.970 bits per heavy atom. The van der Waals surface area contributed by atoms with Gasteiger partial charge >= 0.3 is 0 Å². The monoisotopic (exact) mass is 459 g/mol. The van der Waals surface area contributed by atoms with Gasteiger partial charge in [0.05, 0.1) is 12.0 Å². The number of hydrogen-bond donors (Lipinski definition) is 1. The summed E-state index contributed by atoms with van der Waals surface area (Å²) in [5.41, 5.74) is 7.34. The zero-order chi connectivity index (χ0) is 23.2. The molecule has 1 amide bonds. The third kappa shape index (κ3) is 5.72. The first-order valence-corrected chi connectivity index (χ1v) is 11.3. The Balaban J connectivity index is 1.51. The second kappa shape index (κ2) is 10.2. The topological polar surface area (TPSA) is 72.2 Å². The average molecular weight is 460 g/mol. The number of aryl methyl sites for hydroxylation is 2. The van der Waals surface area contributed by atoms with Gasteiger partial charge in [-0.3, -0.25) is 9.36 Å². The van der Waals surface area contributed by atoms with Crippen molar-refractivity contribution in [2.24, 2.45) is 5.10 Å². The van der Waals surface area contributed by atoms with E-state index in [1.54, 1.807) is 12.1 Å². The van der Waals surface area contributed by atoms with Gasteiger partial charge in [-0.25, -0.2) is 9.82 Å². The number of benzene rings is 3. The van der Waals surface area contributed by atoms with Gasteiger partial charge in [0, 0.05) is 11.3 Å². The smallest absolute Gasteiger partial charge is 0.250 e. The minimum atomic E-state index is -0.324. The number of thioether (sulfide) groups is 1. The van der Waals surface area contributed by atoms with Gasteiger partial charge in [0.2, 0.25) is 0 Å². The third-order valence-corrected chi connectivity index (χ3v) is 5.77. The molecular formula is C25H22FN5OS. The van der Waals surface area contributed by atoms with E-state index in [0.717, 1.165) is 22.4 Å². The first-order valence-electron chi connectivity index (χ1n) is 10.3.